The van der Waals surface area contributed by atoms with E-state index in [2.05, 4.69) is 34.4 Å². The molecule has 1 fully saturated rings. The lowest BCUT2D eigenvalue weighted by molar-refractivity contribution is 0.0690. The second-order valence-electron chi connectivity index (χ2n) is 6.85. The molecule has 1 aliphatic heterocycles. The Kier molecular flexibility index (Phi) is 5.25. The van der Waals surface area contributed by atoms with Crippen molar-refractivity contribution in [3.63, 3.8) is 0 Å². The molecule has 138 valence electrons. The molecule has 0 aliphatic carbocycles. The highest BCUT2D eigenvalue weighted by Crippen LogP contribution is 2.23. The number of anilines is 1. The molecule has 0 saturated carbocycles. The molecule has 2 aromatic rings. The van der Waals surface area contributed by atoms with E-state index in [0.717, 1.165) is 24.6 Å². The summed E-state index contributed by atoms with van der Waals surface area (Å²) in [5.74, 6) is -0.816. The first-order valence-electron chi connectivity index (χ1n) is 8.83. The number of aromatic nitrogens is 2. The molecule has 0 bridgehead atoms. The van der Waals surface area contributed by atoms with Gasteiger partial charge in [0.15, 0.2) is 0 Å². The number of carboxylic acid groups (broad SMARTS) is 1. The van der Waals surface area contributed by atoms with Crippen molar-refractivity contribution >= 4 is 17.6 Å². The fourth-order valence-electron chi connectivity index (χ4n) is 3.22. The molecule has 0 radical (unpaired) electrons. The Morgan fingerprint density at radius 2 is 1.88 bits per heavy atom. The van der Waals surface area contributed by atoms with Crippen molar-refractivity contribution < 1.29 is 14.7 Å². The summed E-state index contributed by atoms with van der Waals surface area (Å²) < 4.78 is 1.28. The zero-order valence-electron chi connectivity index (χ0n) is 15.1. The van der Waals surface area contributed by atoms with Crippen LogP contribution in [0.3, 0.4) is 0 Å². The number of benzene rings is 1. The van der Waals surface area contributed by atoms with Crippen LogP contribution in [-0.2, 0) is 13.6 Å². The van der Waals surface area contributed by atoms with E-state index in [1.165, 1.54) is 29.4 Å². The van der Waals surface area contributed by atoms with Crippen molar-refractivity contribution in [1.82, 2.24) is 15.1 Å². The number of hydrogen-bond donors (Lipinski definition) is 2. The number of carbonyl (C=O) groups excluding carboxylic acids is 1. The van der Waals surface area contributed by atoms with E-state index in [9.17, 15) is 9.59 Å². The lowest BCUT2D eigenvalue weighted by Crippen LogP contribution is -2.32. The van der Waals surface area contributed by atoms with E-state index < -0.39 is 11.9 Å². The average molecular weight is 356 g/mol. The van der Waals surface area contributed by atoms with E-state index in [4.69, 9.17) is 5.11 Å². The number of carboxylic acids is 1. The first-order chi connectivity index (χ1) is 12.5. The molecule has 1 aromatic carbocycles. The number of rotatable bonds is 5. The molecular formula is C19H24N4O3. The van der Waals surface area contributed by atoms with Gasteiger partial charge in [-0.15, -0.1) is 0 Å². The molecule has 0 atom stereocenters. The fraction of sp³-hybridized carbons (Fsp3) is 0.421. The Bertz CT molecular complexity index is 790. The van der Waals surface area contributed by atoms with Crippen molar-refractivity contribution in [2.24, 2.45) is 13.0 Å². The maximum absolute atomic E-state index is 12.3. The Morgan fingerprint density at radius 1 is 1.23 bits per heavy atom. The third-order valence-corrected chi connectivity index (χ3v) is 4.92. The summed E-state index contributed by atoms with van der Waals surface area (Å²) in [6.07, 6.45) is 3.62. The van der Waals surface area contributed by atoms with E-state index in [1.807, 2.05) is 12.1 Å². The predicted molar refractivity (Wildman–Crippen MR) is 98.4 cm³/mol. The van der Waals surface area contributed by atoms with Crippen molar-refractivity contribution in [3.8, 4) is 0 Å². The average Bonchev–Trinajstić information content (AvgIpc) is 3.03. The SMILES string of the molecule is CC1CCN(c2ccc(CNC(=O)c3c(C(=O)O)cnn3C)cc2)CC1. The number of aromatic carboxylic acids is 1. The second-order valence-corrected chi connectivity index (χ2v) is 6.85. The Hall–Kier alpha value is -2.83. The summed E-state index contributed by atoms with van der Waals surface area (Å²) in [5, 5.41) is 15.8. The topological polar surface area (TPSA) is 87.5 Å². The zero-order chi connectivity index (χ0) is 18.7. The minimum atomic E-state index is -1.16. The number of aryl methyl sites for hydroxylation is 1. The molecule has 1 saturated heterocycles. The van der Waals surface area contributed by atoms with Gasteiger partial charge in [0.1, 0.15) is 11.3 Å². The van der Waals surface area contributed by atoms with Crippen LogP contribution in [0.1, 0.15) is 46.2 Å². The first kappa shape index (κ1) is 18.0. The monoisotopic (exact) mass is 356 g/mol. The maximum atomic E-state index is 12.3. The van der Waals surface area contributed by atoms with Crippen LogP contribution in [0.25, 0.3) is 0 Å². The van der Waals surface area contributed by atoms with Crippen LogP contribution in [0, 0.1) is 5.92 Å². The minimum absolute atomic E-state index is 0.0524. The number of piperidine rings is 1. The molecule has 1 aromatic heterocycles. The zero-order valence-corrected chi connectivity index (χ0v) is 15.1. The van der Waals surface area contributed by atoms with Crippen molar-refractivity contribution in [2.75, 3.05) is 18.0 Å². The van der Waals surface area contributed by atoms with Gasteiger partial charge in [-0.05, 0) is 36.5 Å². The Balaban J connectivity index is 1.61. The van der Waals surface area contributed by atoms with Crippen LogP contribution < -0.4 is 10.2 Å². The third kappa shape index (κ3) is 3.87. The van der Waals surface area contributed by atoms with Crippen LogP contribution in [0.15, 0.2) is 30.5 Å². The van der Waals surface area contributed by atoms with E-state index >= 15 is 0 Å². The van der Waals surface area contributed by atoms with Crippen LogP contribution in [-0.4, -0.2) is 39.9 Å². The predicted octanol–water partition coefficient (Wildman–Crippen LogP) is 2.28. The standard InChI is InChI=1S/C19H24N4O3/c1-13-7-9-23(10-8-13)15-5-3-14(4-6-15)11-20-18(24)17-16(19(25)26)12-21-22(17)2/h3-6,12-13H,7-11H2,1-2H3,(H,20,24)(H,25,26). The highest BCUT2D eigenvalue weighted by atomic mass is 16.4. The van der Waals surface area contributed by atoms with Crippen LogP contribution in [0.4, 0.5) is 5.69 Å². The summed E-state index contributed by atoms with van der Waals surface area (Å²) in [6.45, 7) is 4.78. The maximum Gasteiger partial charge on any atom is 0.339 e. The van der Waals surface area contributed by atoms with Gasteiger partial charge >= 0.3 is 5.97 Å². The van der Waals surface area contributed by atoms with Gasteiger partial charge in [-0.1, -0.05) is 19.1 Å². The van der Waals surface area contributed by atoms with Gasteiger partial charge in [0.25, 0.3) is 5.91 Å². The van der Waals surface area contributed by atoms with Crippen LogP contribution in [0.2, 0.25) is 0 Å². The van der Waals surface area contributed by atoms with Gasteiger partial charge in [0.05, 0.1) is 6.20 Å². The summed E-state index contributed by atoms with van der Waals surface area (Å²) >= 11 is 0. The van der Waals surface area contributed by atoms with Gasteiger partial charge in [-0.25, -0.2) is 4.79 Å². The lowest BCUT2D eigenvalue weighted by atomic mass is 9.99. The van der Waals surface area contributed by atoms with E-state index in [-0.39, 0.29) is 11.3 Å². The van der Waals surface area contributed by atoms with Gasteiger partial charge in [-0.3, -0.25) is 9.48 Å². The van der Waals surface area contributed by atoms with Gasteiger partial charge in [-0.2, -0.15) is 5.10 Å². The lowest BCUT2D eigenvalue weighted by Gasteiger charge is -2.32. The molecule has 1 amide bonds. The highest BCUT2D eigenvalue weighted by Gasteiger charge is 2.21. The van der Waals surface area contributed by atoms with Crippen LogP contribution in [0.5, 0.6) is 0 Å². The third-order valence-electron chi connectivity index (χ3n) is 4.92. The molecule has 3 rings (SSSR count). The number of amides is 1. The van der Waals surface area contributed by atoms with Gasteiger partial charge < -0.3 is 15.3 Å². The molecule has 7 heteroatoms. The molecule has 7 nitrogen and oxygen atoms in total. The number of nitrogens with zero attached hydrogens (tertiary/aromatic N) is 3. The normalized spacial score (nSPS) is 15.1. The summed E-state index contributed by atoms with van der Waals surface area (Å²) in [4.78, 5) is 25.9. The molecule has 0 unspecified atom stereocenters. The smallest absolute Gasteiger partial charge is 0.339 e. The van der Waals surface area contributed by atoms with Crippen molar-refractivity contribution in [3.05, 3.63) is 47.3 Å². The molecule has 1 aliphatic rings. The molecule has 2 heterocycles. The minimum Gasteiger partial charge on any atom is -0.478 e. The number of hydrogen-bond acceptors (Lipinski definition) is 4. The molecule has 0 spiro atoms. The van der Waals surface area contributed by atoms with Gasteiger partial charge in [0, 0.05) is 32.4 Å². The summed E-state index contributed by atoms with van der Waals surface area (Å²) in [5.41, 5.74) is 2.12. The summed E-state index contributed by atoms with van der Waals surface area (Å²) in [6, 6.07) is 8.14. The van der Waals surface area contributed by atoms with Crippen LogP contribution >= 0.6 is 0 Å². The Morgan fingerprint density at radius 3 is 2.50 bits per heavy atom. The molecule has 2 N–H and O–H groups in total. The number of carbonyl (C=O) groups is 2. The number of nitrogens with one attached hydrogen (secondary N) is 1. The first-order valence-corrected chi connectivity index (χ1v) is 8.83. The van der Waals surface area contributed by atoms with E-state index in [0.29, 0.717) is 6.54 Å². The Labute approximate surface area is 152 Å². The summed E-state index contributed by atoms with van der Waals surface area (Å²) in [7, 11) is 1.55. The van der Waals surface area contributed by atoms with Crippen molar-refractivity contribution in [2.45, 2.75) is 26.3 Å². The quantitative estimate of drug-likeness (QED) is 0.858. The van der Waals surface area contributed by atoms with E-state index in [1.54, 1.807) is 7.05 Å². The van der Waals surface area contributed by atoms with Gasteiger partial charge in [0.2, 0.25) is 0 Å². The largest absolute Gasteiger partial charge is 0.478 e. The molecular weight excluding hydrogens is 332 g/mol. The van der Waals surface area contributed by atoms with Crippen molar-refractivity contribution in [1.29, 1.82) is 0 Å². The second kappa shape index (κ2) is 7.59. The highest BCUT2D eigenvalue weighted by molar-refractivity contribution is 6.03. The fourth-order valence-corrected chi connectivity index (χ4v) is 3.22. The molecule has 26 heavy (non-hydrogen) atoms.